The molecule has 3 nitrogen and oxygen atoms in total. The number of hydrogen-bond donors (Lipinski definition) is 1. The van der Waals surface area contributed by atoms with Crippen LogP contribution in [0, 0.1) is 0 Å². The molecule has 0 radical (unpaired) electrons. The SMILES string of the molecule is Brc1cc(Br)c2c(c1)[nH]c1c2nc2sccn21. The summed E-state index contributed by atoms with van der Waals surface area (Å²) in [4.78, 5) is 9.09. The van der Waals surface area contributed by atoms with Gasteiger partial charge in [0.05, 0.1) is 5.52 Å². The molecule has 0 aliphatic rings. The number of aromatic nitrogens is 3. The van der Waals surface area contributed by atoms with Gasteiger partial charge in [0.2, 0.25) is 0 Å². The fourth-order valence-electron chi connectivity index (χ4n) is 2.12. The summed E-state index contributed by atoms with van der Waals surface area (Å²) in [6, 6.07) is 4.11. The van der Waals surface area contributed by atoms with Crippen LogP contribution in [0.2, 0.25) is 0 Å². The van der Waals surface area contributed by atoms with E-state index in [0.29, 0.717) is 0 Å². The number of aromatic amines is 1. The zero-order chi connectivity index (χ0) is 11.6. The first kappa shape index (κ1) is 10.1. The van der Waals surface area contributed by atoms with Gasteiger partial charge in [-0.3, -0.25) is 4.40 Å². The van der Waals surface area contributed by atoms with E-state index in [1.54, 1.807) is 11.3 Å². The van der Waals surface area contributed by atoms with E-state index in [4.69, 9.17) is 0 Å². The van der Waals surface area contributed by atoms with Gasteiger partial charge < -0.3 is 4.98 Å². The van der Waals surface area contributed by atoms with Gasteiger partial charge >= 0.3 is 0 Å². The highest BCUT2D eigenvalue weighted by molar-refractivity contribution is 9.11. The van der Waals surface area contributed by atoms with Gasteiger partial charge in [-0.25, -0.2) is 4.98 Å². The third-order valence-electron chi connectivity index (χ3n) is 2.81. The van der Waals surface area contributed by atoms with Gasteiger partial charge in [0, 0.05) is 25.9 Å². The molecular formula is C11H5Br2N3S. The van der Waals surface area contributed by atoms with Crippen molar-refractivity contribution in [2.75, 3.05) is 0 Å². The third kappa shape index (κ3) is 1.29. The van der Waals surface area contributed by atoms with Crippen LogP contribution in [-0.4, -0.2) is 14.4 Å². The maximum absolute atomic E-state index is 4.66. The number of fused-ring (bicyclic) bond motifs is 5. The first-order valence-corrected chi connectivity index (χ1v) is 7.42. The molecule has 1 N–H and O–H groups in total. The maximum atomic E-state index is 4.66. The quantitative estimate of drug-likeness (QED) is 0.483. The Morgan fingerprint density at radius 2 is 2.18 bits per heavy atom. The Morgan fingerprint density at radius 3 is 3.06 bits per heavy atom. The van der Waals surface area contributed by atoms with E-state index in [1.165, 1.54) is 0 Å². The zero-order valence-corrected chi connectivity index (χ0v) is 12.4. The number of hydrogen-bond acceptors (Lipinski definition) is 2. The number of H-pyrrole nitrogens is 1. The van der Waals surface area contributed by atoms with Crippen molar-refractivity contribution in [3.8, 4) is 0 Å². The second-order valence-corrected chi connectivity index (χ2v) is 6.44. The first-order chi connectivity index (χ1) is 8.24. The minimum absolute atomic E-state index is 1.02. The molecule has 1 aromatic carbocycles. The predicted molar refractivity (Wildman–Crippen MR) is 77.8 cm³/mol. The number of nitrogens with one attached hydrogen (secondary N) is 1. The van der Waals surface area contributed by atoms with Crippen LogP contribution < -0.4 is 0 Å². The van der Waals surface area contributed by atoms with E-state index in [9.17, 15) is 0 Å². The molecular weight excluding hydrogens is 366 g/mol. The molecule has 0 spiro atoms. The summed E-state index contributed by atoms with van der Waals surface area (Å²) in [5.74, 6) is 0. The van der Waals surface area contributed by atoms with Crippen molar-refractivity contribution in [3.63, 3.8) is 0 Å². The minimum atomic E-state index is 1.02. The van der Waals surface area contributed by atoms with Crippen LogP contribution in [-0.2, 0) is 0 Å². The average Bonchev–Trinajstić information content (AvgIpc) is 2.86. The van der Waals surface area contributed by atoms with Crippen LogP contribution in [0.25, 0.3) is 27.0 Å². The Hall–Kier alpha value is -0.850. The molecule has 0 aliphatic heterocycles. The van der Waals surface area contributed by atoms with E-state index >= 15 is 0 Å². The molecule has 0 unspecified atom stereocenters. The molecule has 84 valence electrons. The van der Waals surface area contributed by atoms with Crippen LogP contribution in [0.1, 0.15) is 0 Å². The van der Waals surface area contributed by atoms with E-state index in [2.05, 4.69) is 52.3 Å². The lowest BCUT2D eigenvalue weighted by Gasteiger charge is -1.95. The molecule has 3 heterocycles. The van der Waals surface area contributed by atoms with Gasteiger partial charge in [0.1, 0.15) is 11.2 Å². The molecule has 0 saturated carbocycles. The van der Waals surface area contributed by atoms with Crippen molar-refractivity contribution >= 4 is 70.2 Å². The number of thiazole rings is 1. The number of rotatable bonds is 0. The van der Waals surface area contributed by atoms with Gasteiger partial charge in [-0.15, -0.1) is 11.3 Å². The molecule has 0 bridgehead atoms. The van der Waals surface area contributed by atoms with Gasteiger partial charge in [-0.2, -0.15) is 0 Å². The Balaban J connectivity index is 2.33. The molecule has 17 heavy (non-hydrogen) atoms. The molecule has 6 heteroatoms. The van der Waals surface area contributed by atoms with Gasteiger partial charge in [0.15, 0.2) is 4.96 Å². The number of nitrogens with zero attached hydrogens (tertiary/aromatic N) is 2. The first-order valence-electron chi connectivity index (χ1n) is 4.96. The molecule has 0 aliphatic carbocycles. The molecule has 4 aromatic rings. The van der Waals surface area contributed by atoms with Crippen LogP contribution >= 0.6 is 43.2 Å². The van der Waals surface area contributed by atoms with E-state index in [0.717, 1.165) is 36.0 Å². The van der Waals surface area contributed by atoms with Crippen molar-refractivity contribution in [3.05, 3.63) is 32.7 Å². The Labute approximate surface area is 117 Å². The Morgan fingerprint density at radius 1 is 1.29 bits per heavy atom. The summed E-state index contributed by atoms with van der Waals surface area (Å²) in [5, 5.41) is 3.18. The highest BCUT2D eigenvalue weighted by Crippen LogP contribution is 2.34. The van der Waals surface area contributed by atoms with E-state index < -0.39 is 0 Å². The second kappa shape index (κ2) is 3.34. The topological polar surface area (TPSA) is 33.1 Å². The molecule has 3 aromatic heterocycles. The smallest absolute Gasteiger partial charge is 0.195 e. The lowest BCUT2D eigenvalue weighted by atomic mass is 10.2. The Kier molecular flexibility index (Phi) is 1.98. The van der Waals surface area contributed by atoms with E-state index in [-0.39, 0.29) is 0 Å². The second-order valence-electron chi connectivity index (χ2n) is 3.80. The van der Waals surface area contributed by atoms with Crippen molar-refractivity contribution in [1.82, 2.24) is 14.4 Å². The van der Waals surface area contributed by atoms with Crippen molar-refractivity contribution in [2.45, 2.75) is 0 Å². The summed E-state index contributed by atoms with van der Waals surface area (Å²) >= 11 is 8.74. The predicted octanol–water partition coefficient (Wildman–Crippen LogP) is 4.56. The monoisotopic (exact) mass is 369 g/mol. The summed E-state index contributed by atoms with van der Waals surface area (Å²) in [6.07, 6.45) is 2.04. The molecule has 0 fully saturated rings. The van der Waals surface area contributed by atoms with Crippen LogP contribution in [0.15, 0.2) is 32.7 Å². The van der Waals surface area contributed by atoms with Crippen LogP contribution in [0.4, 0.5) is 0 Å². The van der Waals surface area contributed by atoms with Gasteiger partial charge in [0.25, 0.3) is 0 Å². The standard InChI is InChI=1S/C11H5Br2N3S/c12-5-3-6(13)8-7(4-5)14-10-9(8)15-11-16(10)1-2-17-11/h1-4,14H. The van der Waals surface area contributed by atoms with Crippen LogP contribution in [0.3, 0.4) is 0 Å². The summed E-state index contributed by atoms with van der Waals surface area (Å²) in [6.45, 7) is 0. The lowest BCUT2D eigenvalue weighted by molar-refractivity contribution is 1.24. The fraction of sp³-hybridized carbons (Fsp3) is 0. The van der Waals surface area contributed by atoms with Gasteiger partial charge in [-0.1, -0.05) is 15.9 Å². The molecule has 0 amide bonds. The minimum Gasteiger partial charge on any atom is -0.339 e. The van der Waals surface area contributed by atoms with Gasteiger partial charge in [-0.05, 0) is 28.1 Å². The molecule has 0 atom stereocenters. The van der Waals surface area contributed by atoms with Crippen molar-refractivity contribution in [1.29, 1.82) is 0 Å². The lowest BCUT2D eigenvalue weighted by Crippen LogP contribution is -1.76. The molecule has 0 saturated heterocycles. The third-order valence-corrected chi connectivity index (χ3v) is 4.65. The normalized spacial score (nSPS) is 12.1. The zero-order valence-electron chi connectivity index (χ0n) is 8.37. The van der Waals surface area contributed by atoms with Crippen molar-refractivity contribution < 1.29 is 0 Å². The summed E-state index contributed by atoms with van der Waals surface area (Å²) in [7, 11) is 0. The number of imidazole rings is 1. The highest BCUT2D eigenvalue weighted by Gasteiger charge is 2.14. The largest absolute Gasteiger partial charge is 0.339 e. The van der Waals surface area contributed by atoms with Crippen LogP contribution in [0.5, 0.6) is 0 Å². The Bertz CT molecular complexity index is 871. The van der Waals surface area contributed by atoms with Crippen molar-refractivity contribution in [2.24, 2.45) is 0 Å². The number of halogens is 2. The number of benzene rings is 1. The van der Waals surface area contributed by atoms with E-state index in [1.807, 2.05) is 17.6 Å². The fourth-order valence-corrected chi connectivity index (χ4v) is 4.25. The summed E-state index contributed by atoms with van der Waals surface area (Å²) < 4.78 is 4.19. The maximum Gasteiger partial charge on any atom is 0.195 e. The molecule has 4 rings (SSSR count). The summed E-state index contributed by atoms with van der Waals surface area (Å²) in [5.41, 5.74) is 3.16. The highest BCUT2D eigenvalue weighted by atomic mass is 79.9. The average molecular weight is 371 g/mol.